The third-order valence-electron chi connectivity index (χ3n) is 5.16. The van der Waals surface area contributed by atoms with Crippen molar-refractivity contribution >= 4 is 17.0 Å². The van der Waals surface area contributed by atoms with Gasteiger partial charge < -0.3 is 25.4 Å². The second-order valence-electron chi connectivity index (χ2n) is 7.13. The van der Waals surface area contributed by atoms with Crippen LogP contribution in [0.25, 0.3) is 28.4 Å². The van der Waals surface area contributed by atoms with Gasteiger partial charge in [0.1, 0.15) is 24.0 Å². The standard InChI is InChI=1S/C19H20N8O4/c1-20-16-13-17(26(9-21-13)18-15(30)14(29)12(28)8-31-18)23-19(22-16)27-7-11(24-25-27)10-5-3-2-4-6-10/h2-7,9,12,14-15,18,28-30H,8H2,1H3,(H,20,22,23)/t12-,14-,15+,18+/m1/s1. The molecule has 0 saturated carbocycles. The number of hydrogen-bond donors (Lipinski definition) is 4. The summed E-state index contributed by atoms with van der Waals surface area (Å²) in [7, 11) is 1.70. The van der Waals surface area contributed by atoms with Crippen molar-refractivity contribution in [3.05, 3.63) is 42.9 Å². The Morgan fingerprint density at radius 3 is 2.68 bits per heavy atom. The van der Waals surface area contributed by atoms with E-state index in [4.69, 9.17) is 4.74 Å². The molecule has 4 N–H and O–H groups in total. The number of imidazole rings is 1. The van der Waals surface area contributed by atoms with Crippen molar-refractivity contribution in [3.63, 3.8) is 0 Å². The summed E-state index contributed by atoms with van der Waals surface area (Å²) < 4.78 is 8.49. The molecule has 0 aliphatic carbocycles. The molecule has 1 aliphatic heterocycles. The normalized spacial score (nSPS) is 23.9. The molecule has 1 aromatic carbocycles. The topological polar surface area (TPSA) is 156 Å². The predicted molar refractivity (Wildman–Crippen MR) is 108 cm³/mol. The zero-order chi connectivity index (χ0) is 21.5. The summed E-state index contributed by atoms with van der Waals surface area (Å²) in [4.78, 5) is 13.3. The number of aliphatic hydroxyl groups is 3. The van der Waals surface area contributed by atoms with E-state index in [1.807, 2.05) is 30.3 Å². The van der Waals surface area contributed by atoms with Gasteiger partial charge in [0, 0.05) is 12.6 Å². The number of nitrogens with one attached hydrogen (secondary N) is 1. The number of rotatable bonds is 4. The van der Waals surface area contributed by atoms with Gasteiger partial charge in [-0.1, -0.05) is 35.5 Å². The summed E-state index contributed by atoms with van der Waals surface area (Å²) in [6, 6.07) is 9.59. The first kappa shape index (κ1) is 19.5. The molecule has 5 rings (SSSR count). The molecule has 0 spiro atoms. The Morgan fingerprint density at radius 2 is 1.90 bits per heavy atom. The van der Waals surface area contributed by atoms with Crippen LogP contribution in [0.4, 0.5) is 5.82 Å². The average Bonchev–Trinajstić information content (AvgIpc) is 3.45. The van der Waals surface area contributed by atoms with Crippen molar-refractivity contribution in [1.29, 1.82) is 0 Å². The third-order valence-corrected chi connectivity index (χ3v) is 5.16. The Morgan fingerprint density at radius 1 is 1.10 bits per heavy atom. The molecule has 0 bridgehead atoms. The first-order chi connectivity index (χ1) is 15.1. The van der Waals surface area contributed by atoms with Gasteiger partial charge in [-0.15, -0.1) is 5.10 Å². The predicted octanol–water partition coefficient (Wildman–Crippen LogP) is -0.273. The zero-order valence-electron chi connectivity index (χ0n) is 16.4. The van der Waals surface area contributed by atoms with Gasteiger partial charge in [0.25, 0.3) is 5.95 Å². The minimum atomic E-state index is -1.37. The second-order valence-corrected chi connectivity index (χ2v) is 7.13. The van der Waals surface area contributed by atoms with E-state index in [-0.39, 0.29) is 12.6 Å². The number of aliphatic hydroxyl groups excluding tert-OH is 3. The molecule has 31 heavy (non-hydrogen) atoms. The summed E-state index contributed by atoms with van der Waals surface area (Å²) in [6.07, 6.45) is -1.72. The number of fused-ring (bicyclic) bond motifs is 1. The lowest BCUT2D eigenvalue weighted by atomic mass is 10.0. The van der Waals surface area contributed by atoms with E-state index < -0.39 is 24.5 Å². The Labute approximate surface area is 175 Å². The molecular formula is C19H20N8O4. The van der Waals surface area contributed by atoms with Crippen LogP contribution < -0.4 is 5.32 Å². The number of aromatic nitrogens is 7. The maximum Gasteiger partial charge on any atom is 0.256 e. The van der Waals surface area contributed by atoms with Crippen LogP contribution in [0, 0.1) is 0 Å². The minimum absolute atomic E-state index is 0.136. The molecule has 3 aromatic heterocycles. The van der Waals surface area contributed by atoms with E-state index >= 15 is 0 Å². The number of anilines is 1. The fourth-order valence-electron chi connectivity index (χ4n) is 3.51. The number of ether oxygens (including phenoxy) is 1. The molecule has 12 heteroatoms. The molecule has 1 fully saturated rings. The van der Waals surface area contributed by atoms with Crippen molar-refractivity contribution in [2.75, 3.05) is 19.0 Å². The molecule has 0 radical (unpaired) electrons. The van der Waals surface area contributed by atoms with Crippen molar-refractivity contribution in [2.45, 2.75) is 24.5 Å². The Balaban J connectivity index is 1.58. The van der Waals surface area contributed by atoms with Crippen LogP contribution in [0.5, 0.6) is 0 Å². The maximum absolute atomic E-state index is 10.4. The van der Waals surface area contributed by atoms with Crippen LogP contribution in [-0.2, 0) is 4.74 Å². The van der Waals surface area contributed by atoms with Gasteiger partial charge in [-0.2, -0.15) is 14.6 Å². The minimum Gasteiger partial charge on any atom is -0.388 e. The summed E-state index contributed by atoms with van der Waals surface area (Å²) in [5.41, 5.74) is 2.37. The molecule has 12 nitrogen and oxygen atoms in total. The number of hydrogen-bond acceptors (Lipinski definition) is 10. The summed E-state index contributed by atoms with van der Waals surface area (Å²) >= 11 is 0. The van der Waals surface area contributed by atoms with Crippen molar-refractivity contribution in [3.8, 4) is 17.2 Å². The van der Waals surface area contributed by atoms with Crippen LogP contribution in [0.3, 0.4) is 0 Å². The maximum atomic E-state index is 10.4. The lowest BCUT2D eigenvalue weighted by molar-refractivity contribution is -0.210. The monoisotopic (exact) mass is 424 g/mol. The Bertz CT molecular complexity index is 1210. The highest BCUT2D eigenvalue weighted by Gasteiger charge is 2.39. The number of nitrogens with zero attached hydrogens (tertiary/aromatic N) is 7. The van der Waals surface area contributed by atoms with Crippen LogP contribution >= 0.6 is 0 Å². The zero-order valence-corrected chi connectivity index (χ0v) is 16.4. The van der Waals surface area contributed by atoms with Gasteiger partial charge in [0.2, 0.25) is 0 Å². The quantitative estimate of drug-likeness (QED) is 0.344. The Hall–Kier alpha value is -3.45. The molecule has 0 amide bonds. The molecule has 160 valence electrons. The number of benzene rings is 1. The molecule has 0 unspecified atom stereocenters. The van der Waals surface area contributed by atoms with Gasteiger partial charge in [-0.3, -0.25) is 4.57 Å². The average molecular weight is 424 g/mol. The van der Waals surface area contributed by atoms with Gasteiger partial charge in [-0.05, 0) is 0 Å². The summed E-state index contributed by atoms with van der Waals surface area (Å²) in [5, 5.41) is 41.5. The van der Waals surface area contributed by atoms with Crippen LogP contribution in [0.1, 0.15) is 6.23 Å². The van der Waals surface area contributed by atoms with Gasteiger partial charge in [0.15, 0.2) is 23.2 Å². The fourth-order valence-corrected chi connectivity index (χ4v) is 3.51. The summed E-state index contributed by atoms with van der Waals surface area (Å²) in [5.74, 6) is 0.681. The SMILES string of the molecule is CNc1nc(-n2cc(-c3ccccc3)nn2)nc2c1ncn2[C@H]1OC[C@@H](O)[C@@H](O)[C@@H]1O. The third kappa shape index (κ3) is 3.31. The smallest absolute Gasteiger partial charge is 0.256 e. The van der Waals surface area contributed by atoms with Crippen molar-refractivity contribution in [1.82, 2.24) is 34.5 Å². The van der Waals surface area contributed by atoms with E-state index in [1.165, 1.54) is 15.6 Å². The van der Waals surface area contributed by atoms with Crippen molar-refractivity contribution in [2.24, 2.45) is 0 Å². The van der Waals surface area contributed by atoms with Gasteiger partial charge in [0.05, 0.1) is 19.1 Å². The van der Waals surface area contributed by atoms with Gasteiger partial charge >= 0.3 is 0 Å². The largest absolute Gasteiger partial charge is 0.388 e. The second kappa shape index (κ2) is 7.67. The highest BCUT2D eigenvalue weighted by molar-refractivity contribution is 5.83. The van der Waals surface area contributed by atoms with Crippen LogP contribution in [-0.4, -0.2) is 81.8 Å². The lowest BCUT2D eigenvalue weighted by Gasteiger charge is -2.35. The van der Waals surface area contributed by atoms with E-state index in [2.05, 4.69) is 30.6 Å². The van der Waals surface area contributed by atoms with E-state index in [9.17, 15) is 15.3 Å². The highest BCUT2D eigenvalue weighted by Crippen LogP contribution is 2.29. The molecule has 1 aliphatic rings. The van der Waals surface area contributed by atoms with Gasteiger partial charge in [-0.25, -0.2) is 4.98 Å². The molecule has 4 heterocycles. The highest BCUT2D eigenvalue weighted by atomic mass is 16.5. The first-order valence-electron chi connectivity index (χ1n) is 9.63. The van der Waals surface area contributed by atoms with Crippen LogP contribution in [0.15, 0.2) is 42.9 Å². The molecule has 1 saturated heterocycles. The first-order valence-corrected chi connectivity index (χ1v) is 9.63. The molecule has 4 atom stereocenters. The van der Waals surface area contributed by atoms with Crippen molar-refractivity contribution < 1.29 is 20.1 Å². The summed E-state index contributed by atoms with van der Waals surface area (Å²) in [6.45, 7) is -0.136. The van der Waals surface area contributed by atoms with E-state index in [1.54, 1.807) is 13.2 Å². The van der Waals surface area contributed by atoms with Crippen LogP contribution in [0.2, 0.25) is 0 Å². The fraction of sp³-hybridized carbons (Fsp3) is 0.316. The lowest BCUT2D eigenvalue weighted by Crippen LogP contribution is -2.50. The van der Waals surface area contributed by atoms with E-state index in [0.717, 1.165) is 5.56 Å². The molecular weight excluding hydrogens is 404 g/mol. The molecule has 4 aromatic rings. The van der Waals surface area contributed by atoms with E-state index in [0.29, 0.717) is 22.7 Å². The Kier molecular flexibility index (Phi) is 4.82.